The molecule has 2 heterocycles. The van der Waals surface area contributed by atoms with Crippen LogP contribution in [0.4, 0.5) is 9.18 Å². The molecule has 0 saturated heterocycles. The Morgan fingerprint density at radius 3 is 2.68 bits per heavy atom. The zero-order valence-electron chi connectivity index (χ0n) is 20.3. The third-order valence-corrected chi connectivity index (χ3v) is 5.92. The Morgan fingerprint density at radius 1 is 1.32 bits per heavy atom. The van der Waals surface area contributed by atoms with Crippen LogP contribution in [0.1, 0.15) is 38.1 Å². The zero-order valence-corrected chi connectivity index (χ0v) is 20.3. The number of carbonyl (C=O) groups excluding carboxylic acids is 2. The average molecular weight is 473 g/mol. The summed E-state index contributed by atoms with van der Waals surface area (Å²) < 4.78 is 20.6. The van der Waals surface area contributed by atoms with Crippen LogP contribution < -0.4 is 10.1 Å². The first-order valence-corrected chi connectivity index (χ1v) is 11.5. The van der Waals surface area contributed by atoms with E-state index in [1.54, 1.807) is 43.1 Å². The number of carbonyl (C=O) groups is 2. The molecule has 2 N–H and O–H groups in total. The number of amides is 3. The molecule has 0 saturated carbocycles. The number of fused-ring (bicyclic) bond motifs is 1. The number of likely N-dealkylation sites (N-methyl/N-ethyl adjacent to an activating group) is 1. The molecule has 1 aromatic carbocycles. The number of pyridine rings is 1. The second-order valence-corrected chi connectivity index (χ2v) is 9.16. The lowest BCUT2D eigenvalue weighted by atomic mass is 9.99. The zero-order chi connectivity index (χ0) is 25.0. The monoisotopic (exact) mass is 472 g/mol. The van der Waals surface area contributed by atoms with Crippen molar-refractivity contribution in [1.82, 2.24) is 20.1 Å². The van der Waals surface area contributed by atoms with Crippen LogP contribution in [0.25, 0.3) is 11.1 Å². The summed E-state index contributed by atoms with van der Waals surface area (Å²) in [4.78, 5) is 33.4. The van der Waals surface area contributed by atoms with E-state index in [4.69, 9.17) is 4.74 Å². The highest BCUT2D eigenvalue weighted by molar-refractivity contribution is 5.98. The van der Waals surface area contributed by atoms with Crippen molar-refractivity contribution < 1.29 is 23.8 Å². The SMILES string of the molecule is CC(C)NC(=O)N(C)C[C@@H]1Oc2ncc(-c3ccccc3F)cc2C(=O)N([C@@H](C)CO)C[C@@H]1C. The third kappa shape index (κ3) is 5.64. The molecule has 1 aromatic heterocycles. The number of hydrogen-bond donors (Lipinski definition) is 2. The number of nitrogens with zero attached hydrogens (tertiary/aromatic N) is 3. The molecule has 0 radical (unpaired) electrons. The molecule has 1 aliphatic rings. The van der Waals surface area contributed by atoms with E-state index >= 15 is 0 Å². The summed E-state index contributed by atoms with van der Waals surface area (Å²) >= 11 is 0. The topological polar surface area (TPSA) is 95.0 Å². The van der Waals surface area contributed by atoms with Gasteiger partial charge in [0.25, 0.3) is 5.91 Å². The molecule has 3 atom stereocenters. The van der Waals surface area contributed by atoms with E-state index < -0.39 is 18.0 Å². The van der Waals surface area contributed by atoms with E-state index in [-0.39, 0.29) is 48.5 Å². The molecule has 0 fully saturated rings. The van der Waals surface area contributed by atoms with Crippen LogP contribution in [-0.4, -0.2) is 76.8 Å². The van der Waals surface area contributed by atoms with E-state index in [0.29, 0.717) is 17.7 Å². The lowest BCUT2D eigenvalue weighted by Gasteiger charge is -2.37. The van der Waals surface area contributed by atoms with Gasteiger partial charge in [0, 0.05) is 42.9 Å². The van der Waals surface area contributed by atoms with E-state index in [1.807, 2.05) is 20.8 Å². The molecular weight excluding hydrogens is 439 g/mol. The molecule has 9 heteroatoms. The maximum atomic E-state index is 14.4. The Balaban J connectivity index is 2.00. The van der Waals surface area contributed by atoms with Crippen LogP contribution in [0.5, 0.6) is 5.88 Å². The van der Waals surface area contributed by atoms with Crippen molar-refractivity contribution in [2.45, 2.75) is 45.9 Å². The Labute approximate surface area is 199 Å². The van der Waals surface area contributed by atoms with Gasteiger partial charge in [-0.15, -0.1) is 0 Å². The molecule has 2 aromatic rings. The fraction of sp³-hybridized carbons (Fsp3) is 0.480. The van der Waals surface area contributed by atoms with Crippen LogP contribution in [0.3, 0.4) is 0 Å². The van der Waals surface area contributed by atoms with Crippen molar-refractivity contribution in [2.75, 3.05) is 26.7 Å². The summed E-state index contributed by atoms with van der Waals surface area (Å²) in [6, 6.07) is 7.16. The Bertz CT molecular complexity index is 1030. The van der Waals surface area contributed by atoms with Crippen molar-refractivity contribution >= 4 is 11.9 Å². The van der Waals surface area contributed by atoms with Crippen LogP contribution in [-0.2, 0) is 0 Å². The lowest BCUT2D eigenvalue weighted by molar-refractivity contribution is 0.0352. The maximum Gasteiger partial charge on any atom is 0.317 e. The van der Waals surface area contributed by atoms with Gasteiger partial charge in [0.15, 0.2) is 0 Å². The summed E-state index contributed by atoms with van der Waals surface area (Å²) in [6.45, 7) is 7.83. The first kappa shape index (κ1) is 25.4. The molecule has 34 heavy (non-hydrogen) atoms. The van der Waals surface area contributed by atoms with Crippen molar-refractivity contribution in [1.29, 1.82) is 0 Å². The fourth-order valence-electron chi connectivity index (χ4n) is 3.87. The number of aliphatic hydroxyl groups excluding tert-OH is 1. The predicted octanol–water partition coefficient (Wildman–Crippen LogP) is 3.16. The third-order valence-electron chi connectivity index (χ3n) is 5.92. The van der Waals surface area contributed by atoms with E-state index in [2.05, 4.69) is 10.3 Å². The first-order valence-electron chi connectivity index (χ1n) is 11.5. The molecule has 0 spiro atoms. The van der Waals surface area contributed by atoms with Crippen LogP contribution in [0.15, 0.2) is 36.5 Å². The van der Waals surface area contributed by atoms with Gasteiger partial charge in [0.2, 0.25) is 5.88 Å². The highest BCUT2D eigenvalue weighted by Gasteiger charge is 2.35. The van der Waals surface area contributed by atoms with Gasteiger partial charge < -0.3 is 25.0 Å². The van der Waals surface area contributed by atoms with Crippen LogP contribution in [0, 0.1) is 11.7 Å². The number of rotatable bonds is 6. The summed E-state index contributed by atoms with van der Waals surface area (Å²) in [5.41, 5.74) is 0.959. The number of halogens is 1. The van der Waals surface area contributed by atoms with Gasteiger partial charge in [-0.25, -0.2) is 14.2 Å². The number of aliphatic hydroxyl groups is 1. The number of hydrogen-bond acceptors (Lipinski definition) is 5. The van der Waals surface area contributed by atoms with Gasteiger partial charge in [-0.05, 0) is 32.9 Å². The summed E-state index contributed by atoms with van der Waals surface area (Å²) in [6.07, 6.45) is 1.01. The van der Waals surface area contributed by atoms with Crippen molar-refractivity contribution in [3.63, 3.8) is 0 Å². The minimum atomic E-state index is -0.463. The second kappa shape index (κ2) is 10.8. The number of urea groups is 1. The average Bonchev–Trinajstić information content (AvgIpc) is 2.80. The second-order valence-electron chi connectivity index (χ2n) is 9.16. The predicted molar refractivity (Wildman–Crippen MR) is 127 cm³/mol. The first-order chi connectivity index (χ1) is 16.1. The molecule has 3 amide bonds. The number of ether oxygens (including phenoxy) is 1. The number of benzene rings is 1. The fourth-order valence-corrected chi connectivity index (χ4v) is 3.87. The summed E-state index contributed by atoms with van der Waals surface area (Å²) in [5.74, 6) is -0.810. The normalized spacial score (nSPS) is 19.1. The standard InChI is InChI=1S/C25H33FN4O4/c1-15(2)28-25(33)29(5)13-22-16(3)12-30(17(4)14-31)24(32)20-10-18(11-27-23(20)34-22)19-8-6-7-9-21(19)26/h6-11,15-17,22,31H,12-14H2,1-5H3,(H,28,33)/t16-,17-,22-/m0/s1. The molecular formula is C25H33FN4O4. The van der Waals surface area contributed by atoms with Gasteiger partial charge in [0.05, 0.1) is 19.2 Å². The van der Waals surface area contributed by atoms with Crippen molar-refractivity contribution in [3.05, 3.63) is 47.9 Å². The molecule has 0 bridgehead atoms. The molecule has 184 valence electrons. The molecule has 0 aliphatic carbocycles. The quantitative estimate of drug-likeness (QED) is 0.674. The van der Waals surface area contributed by atoms with E-state index in [0.717, 1.165) is 0 Å². The Morgan fingerprint density at radius 2 is 2.03 bits per heavy atom. The van der Waals surface area contributed by atoms with Crippen LogP contribution in [0.2, 0.25) is 0 Å². The van der Waals surface area contributed by atoms with Crippen molar-refractivity contribution in [2.24, 2.45) is 5.92 Å². The lowest BCUT2D eigenvalue weighted by Crippen LogP contribution is -2.51. The van der Waals surface area contributed by atoms with Gasteiger partial charge in [-0.2, -0.15) is 0 Å². The Kier molecular flexibility index (Phi) is 8.09. The van der Waals surface area contributed by atoms with Crippen LogP contribution >= 0.6 is 0 Å². The minimum absolute atomic E-state index is 0.0108. The smallest absolute Gasteiger partial charge is 0.317 e. The minimum Gasteiger partial charge on any atom is -0.472 e. The molecule has 1 aliphatic heterocycles. The largest absolute Gasteiger partial charge is 0.472 e. The van der Waals surface area contributed by atoms with Crippen molar-refractivity contribution in [3.8, 4) is 17.0 Å². The van der Waals surface area contributed by atoms with E-state index in [9.17, 15) is 19.1 Å². The van der Waals surface area contributed by atoms with Gasteiger partial charge in [-0.1, -0.05) is 25.1 Å². The molecule has 8 nitrogen and oxygen atoms in total. The van der Waals surface area contributed by atoms with Gasteiger partial charge in [-0.3, -0.25) is 4.79 Å². The molecule has 3 rings (SSSR count). The molecule has 0 unspecified atom stereocenters. The van der Waals surface area contributed by atoms with Gasteiger partial charge in [0.1, 0.15) is 17.5 Å². The van der Waals surface area contributed by atoms with Gasteiger partial charge >= 0.3 is 6.03 Å². The maximum absolute atomic E-state index is 14.4. The number of nitrogens with one attached hydrogen (secondary N) is 1. The van der Waals surface area contributed by atoms with E-state index in [1.165, 1.54) is 17.2 Å². The highest BCUT2D eigenvalue weighted by Crippen LogP contribution is 2.31. The summed E-state index contributed by atoms with van der Waals surface area (Å²) in [7, 11) is 1.68. The number of aromatic nitrogens is 1. The Hall–Kier alpha value is -3.20. The summed E-state index contributed by atoms with van der Waals surface area (Å²) in [5, 5.41) is 12.6. The highest BCUT2D eigenvalue weighted by atomic mass is 19.1.